The predicted octanol–water partition coefficient (Wildman–Crippen LogP) is 2.28. The molecule has 1 aromatic rings. The molecule has 116 valence electrons. The van der Waals surface area contributed by atoms with Crippen LogP contribution in [0.4, 0.5) is 18.9 Å². The molecule has 0 unspecified atom stereocenters. The molecular weight excluding hydrogens is 303 g/mol. The van der Waals surface area contributed by atoms with Crippen LogP contribution in [-0.4, -0.2) is 23.5 Å². The summed E-state index contributed by atoms with van der Waals surface area (Å²) in [6, 6.07) is 3.43. The molecule has 4 nitrogen and oxygen atoms in total. The van der Waals surface area contributed by atoms with Crippen LogP contribution in [0.15, 0.2) is 18.2 Å². The summed E-state index contributed by atoms with van der Waals surface area (Å²) in [7, 11) is 0. The molecule has 0 aliphatic heterocycles. The number of nitrogens with one attached hydrogen (secondary N) is 2. The van der Waals surface area contributed by atoms with Crippen LogP contribution in [-0.2, 0) is 11.0 Å². The van der Waals surface area contributed by atoms with E-state index in [9.17, 15) is 18.0 Å². The lowest BCUT2D eigenvalue weighted by molar-refractivity contribution is -0.137. The van der Waals surface area contributed by atoms with Gasteiger partial charge in [-0.1, -0.05) is 12.2 Å². The third kappa shape index (κ3) is 5.22. The first-order valence-corrected chi connectivity index (χ1v) is 6.56. The molecule has 1 rings (SSSR count). The summed E-state index contributed by atoms with van der Waals surface area (Å²) in [5, 5.41) is 5.26. The number of benzene rings is 1. The molecule has 1 amide bonds. The minimum Gasteiger partial charge on any atom is -0.389 e. The van der Waals surface area contributed by atoms with Crippen molar-refractivity contribution in [2.45, 2.75) is 26.1 Å². The second-order valence-corrected chi connectivity index (χ2v) is 5.14. The summed E-state index contributed by atoms with van der Waals surface area (Å²) in [4.78, 5) is 11.1. The Morgan fingerprint density at radius 3 is 2.48 bits per heavy atom. The molecule has 0 atom stereocenters. The molecule has 0 saturated heterocycles. The second kappa shape index (κ2) is 6.75. The zero-order chi connectivity index (χ0) is 16.2. The van der Waals surface area contributed by atoms with E-state index in [0.717, 1.165) is 6.07 Å². The van der Waals surface area contributed by atoms with Crippen LogP contribution in [0.2, 0.25) is 0 Å². The van der Waals surface area contributed by atoms with Gasteiger partial charge in [-0.2, -0.15) is 13.2 Å². The van der Waals surface area contributed by atoms with E-state index in [-0.39, 0.29) is 34.7 Å². The smallest absolute Gasteiger partial charge is 0.389 e. The molecule has 0 aromatic heterocycles. The number of amides is 1. The minimum absolute atomic E-state index is 0.0398. The van der Waals surface area contributed by atoms with Crippen molar-refractivity contribution in [1.29, 1.82) is 0 Å². The van der Waals surface area contributed by atoms with Gasteiger partial charge >= 0.3 is 6.18 Å². The van der Waals surface area contributed by atoms with Crippen LogP contribution < -0.4 is 16.4 Å². The van der Waals surface area contributed by atoms with E-state index in [1.807, 2.05) is 0 Å². The molecule has 8 heteroatoms. The van der Waals surface area contributed by atoms with Crippen molar-refractivity contribution in [2.75, 3.05) is 11.9 Å². The van der Waals surface area contributed by atoms with Gasteiger partial charge in [-0.3, -0.25) is 4.79 Å². The Kier molecular flexibility index (Phi) is 5.54. The van der Waals surface area contributed by atoms with Crippen molar-refractivity contribution in [2.24, 2.45) is 5.73 Å². The first-order chi connectivity index (χ1) is 9.61. The normalized spacial score (nSPS) is 11.3. The van der Waals surface area contributed by atoms with Crippen LogP contribution in [0.1, 0.15) is 25.0 Å². The van der Waals surface area contributed by atoms with Gasteiger partial charge in [0.25, 0.3) is 0 Å². The number of carbonyl (C=O) groups is 1. The van der Waals surface area contributed by atoms with E-state index in [0.29, 0.717) is 0 Å². The summed E-state index contributed by atoms with van der Waals surface area (Å²) in [5.74, 6) is -0.308. The molecular formula is C13H16F3N3OS. The Hall–Kier alpha value is -1.83. The SMILES string of the molecule is CC(C)NC(=O)CNc1ccc(C(N)=S)c(C(F)(F)F)c1. The number of halogens is 3. The highest BCUT2D eigenvalue weighted by Crippen LogP contribution is 2.33. The maximum atomic E-state index is 12.9. The monoisotopic (exact) mass is 319 g/mol. The van der Waals surface area contributed by atoms with E-state index in [2.05, 4.69) is 22.9 Å². The van der Waals surface area contributed by atoms with Gasteiger partial charge in [0.1, 0.15) is 4.99 Å². The Labute approximate surface area is 125 Å². The lowest BCUT2D eigenvalue weighted by Gasteiger charge is -2.15. The number of hydrogen-bond donors (Lipinski definition) is 3. The summed E-state index contributed by atoms with van der Waals surface area (Å²) >= 11 is 4.61. The third-order valence-corrected chi connectivity index (χ3v) is 2.71. The van der Waals surface area contributed by atoms with E-state index >= 15 is 0 Å². The Morgan fingerprint density at radius 2 is 2.00 bits per heavy atom. The zero-order valence-corrected chi connectivity index (χ0v) is 12.4. The average Bonchev–Trinajstić information content (AvgIpc) is 2.34. The number of nitrogens with two attached hydrogens (primary N) is 1. The van der Waals surface area contributed by atoms with Gasteiger partial charge in [0.2, 0.25) is 5.91 Å². The van der Waals surface area contributed by atoms with Crippen molar-refractivity contribution in [3.8, 4) is 0 Å². The highest BCUT2D eigenvalue weighted by atomic mass is 32.1. The Bertz CT molecular complexity index is 544. The minimum atomic E-state index is -4.57. The van der Waals surface area contributed by atoms with Gasteiger partial charge in [0.15, 0.2) is 0 Å². The van der Waals surface area contributed by atoms with Gasteiger partial charge < -0.3 is 16.4 Å². The van der Waals surface area contributed by atoms with E-state index in [4.69, 9.17) is 5.73 Å². The van der Waals surface area contributed by atoms with Crippen molar-refractivity contribution >= 4 is 28.8 Å². The fourth-order valence-corrected chi connectivity index (χ4v) is 1.84. The number of thiocarbonyl (C=S) groups is 1. The first-order valence-electron chi connectivity index (χ1n) is 6.15. The predicted molar refractivity (Wildman–Crippen MR) is 79.1 cm³/mol. The number of carbonyl (C=O) groups excluding carboxylic acids is 1. The summed E-state index contributed by atoms with van der Waals surface area (Å²) in [6.45, 7) is 3.45. The van der Waals surface area contributed by atoms with Gasteiger partial charge in [0.05, 0.1) is 12.1 Å². The molecule has 0 bridgehead atoms. The lowest BCUT2D eigenvalue weighted by Crippen LogP contribution is -2.34. The maximum Gasteiger partial charge on any atom is 0.417 e. The van der Waals surface area contributed by atoms with E-state index in [1.54, 1.807) is 13.8 Å². The van der Waals surface area contributed by atoms with Crippen LogP contribution in [0.25, 0.3) is 0 Å². The van der Waals surface area contributed by atoms with Crippen LogP contribution >= 0.6 is 12.2 Å². The lowest BCUT2D eigenvalue weighted by atomic mass is 10.1. The van der Waals surface area contributed by atoms with E-state index in [1.165, 1.54) is 12.1 Å². The molecule has 0 fully saturated rings. The van der Waals surface area contributed by atoms with Gasteiger partial charge in [-0.05, 0) is 32.0 Å². The molecule has 21 heavy (non-hydrogen) atoms. The molecule has 4 N–H and O–H groups in total. The highest BCUT2D eigenvalue weighted by molar-refractivity contribution is 7.80. The van der Waals surface area contributed by atoms with Crippen molar-refractivity contribution in [3.63, 3.8) is 0 Å². The highest BCUT2D eigenvalue weighted by Gasteiger charge is 2.34. The average molecular weight is 319 g/mol. The molecule has 0 saturated carbocycles. The molecule has 0 radical (unpaired) electrons. The van der Waals surface area contributed by atoms with Gasteiger partial charge in [0, 0.05) is 17.3 Å². The quantitative estimate of drug-likeness (QED) is 0.729. The fraction of sp³-hybridized carbons (Fsp3) is 0.385. The Balaban J connectivity index is 2.91. The molecule has 0 aliphatic carbocycles. The molecule has 1 aromatic carbocycles. The zero-order valence-electron chi connectivity index (χ0n) is 11.5. The third-order valence-electron chi connectivity index (χ3n) is 2.49. The summed E-state index contributed by atoms with van der Waals surface area (Å²) in [6.07, 6.45) is -4.57. The van der Waals surface area contributed by atoms with Gasteiger partial charge in [-0.25, -0.2) is 0 Å². The Morgan fingerprint density at radius 1 is 1.38 bits per heavy atom. The topological polar surface area (TPSA) is 67.2 Å². The van der Waals surface area contributed by atoms with Crippen LogP contribution in [0.3, 0.4) is 0 Å². The van der Waals surface area contributed by atoms with Crippen LogP contribution in [0, 0.1) is 0 Å². The first kappa shape index (κ1) is 17.2. The standard InChI is InChI=1S/C13H16F3N3OS/c1-7(2)19-11(20)6-18-8-3-4-9(12(17)21)10(5-8)13(14,15)16/h3-5,7,18H,6H2,1-2H3,(H2,17,21)(H,19,20). The largest absolute Gasteiger partial charge is 0.417 e. The molecule has 0 aliphatic rings. The van der Waals surface area contributed by atoms with Crippen molar-refractivity contribution in [1.82, 2.24) is 5.32 Å². The number of rotatable bonds is 5. The number of hydrogen-bond acceptors (Lipinski definition) is 3. The second-order valence-electron chi connectivity index (χ2n) is 4.70. The van der Waals surface area contributed by atoms with Crippen molar-refractivity contribution < 1.29 is 18.0 Å². The summed E-state index contributed by atoms with van der Waals surface area (Å²) in [5.41, 5.74) is 4.29. The van der Waals surface area contributed by atoms with Crippen molar-refractivity contribution in [3.05, 3.63) is 29.3 Å². The number of anilines is 1. The number of alkyl halides is 3. The maximum absolute atomic E-state index is 12.9. The van der Waals surface area contributed by atoms with Gasteiger partial charge in [-0.15, -0.1) is 0 Å². The van der Waals surface area contributed by atoms with E-state index < -0.39 is 11.7 Å². The molecule has 0 heterocycles. The molecule has 0 spiro atoms. The van der Waals surface area contributed by atoms with Crippen LogP contribution in [0.5, 0.6) is 0 Å². The summed E-state index contributed by atoms with van der Waals surface area (Å²) < 4.78 is 38.8. The fourth-order valence-electron chi connectivity index (χ4n) is 1.66.